The van der Waals surface area contributed by atoms with Gasteiger partial charge < -0.3 is 24.8 Å². The molecule has 0 fully saturated rings. The summed E-state index contributed by atoms with van der Waals surface area (Å²) in [6, 6.07) is 55.1. The molecular formula is C53H52Cl2Zr-2. The molecule has 8 rings (SSSR count). The van der Waals surface area contributed by atoms with E-state index < -0.39 is 0 Å². The molecule has 7 aromatic rings. The summed E-state index contributed by atoms with van der Waals surface area (Å²) in [6.07, 6.45) is 12.2. The van der Waals surface area contributed by atoms with Crippen molar-refractivity contribution in [2.45, 2.75) is 71.6 Å². The molecule has 0 aromatic heterocycles. The molecule has 0 atom stereocenters. The fourth-order valence-electron chi connectivity index (χ4n) is 7.15. The predicted molar refractivity (Wildman–Crippen MR) is 232 cm³/mol. The molecule has 0 saturated heterocycles. The fourth-order valence-corrected chi connectivity index (χ4v) is 8.15. The molecule has 0 unspecified atom stereocenters. The molecule has 0 bridgehead atoms. The molecule has 1 aliphatic carbocycles. The average Bonchev–Trinajstić information content (AvgIpc) is 3.87. The van der Waals surface area contributed by atoms with E-state index in [-0.39, 0.29) is 35.6 Å². The Bertz CT molecular complexity index is 2190. The molecule has 0 heterocycles. The number of hydrogen-bond donors (Lipinski definition) is 0. The topological polar surface area (TPSA) is 0 Å². The van der Waals surface area contributed by atoms with Crippen LogP contribution in [0.25, 0.3) is 43.8 Å². The maximum atomic E-state index is 2.99. The third-order valence-electron chi connectivity index (χ3n) is 9.87. The van der Waals surface area contributed by atoms with E-state index in [0.29, 0.717) is 0 Å². The Labute approximate surface area is 363 Å². The minimum atomic E-state index is 0. The zero-order valence-corrected chi connectivity index (χ0v) is 37.5. The molecular weight excluding hydrogens is 799 g/mol. The third kappa shape index (κ3) is 11.8. The van der Waals surface area contributed by atoms with Gasteiger partial charge >= 0.3 is 112 Å². The Morgan fingerprint density at radius 2 is 0.929 bits per heavy atom. The number of allylic oxidation sites excluding steroid dienone is 4. The Morgan fingerprint density at radius 1 is 0.554 bits per heavy atom. The van der Waals surface area contributed by atoms with Crippen molar-refractivity contribution < 1.29 is 49.0 Å². The van der Waals surface area contributed by atoms with E-state index in [1.54, 1.807) is 27.4 Å². The Kier molecular flexibility index (Phi) is 16.3. The predicted octanol–water partition coefficient (Wildman–Crippen LogP) is 8.15. The summed E-state index contributed by atoms with van der Waals surface area (Å²) in [4.78, 5) is 0. The van der Waals surface area contributed by atoms with Gasteiger partial charge in [0.05, 0.1) is 0 Å². The van der Waals surface area contributed by atoms with Crippen LogP contribution in [0.1, 0.15) is 70.2 Å². The molecule has 0 radical (unpaired) electrons. The number of benzene rings is 6. The summed E-state index contributed by atoms with van der Waals surface area (Å²) in [6.45, 7) is 13.9. The Hall–Kier alpha value is -4.00. The third-order valence-corrected chi connectivity index (χ3v) is 10.7. The van der Waals surface area contributed by atoms with Gasteiger partial charge in [-0.3, -0.25) is 6.08 Å². The SMILES string of the molecule is CC(C)(C)c1cc2c(cc1-c1ccccc1)[cH-]c1cc(-c3ccccc3)c(C(C)(C)C)cc12.[C-]1=CC=CC1.[Cl-].[Cl-].[Zr+2]=[C](Cc1ccccc1)Cc1ccccc1. The van der Waals surface area contributed by atoms with Crippen molar-refractivity contribution >= 4 is 24.8 Å². The molecule has 0 saturated carbocycles. The van der Waals surface area contributed by atoms with Crippen LogP contribution in [0.2, 0.25) is 0 Å². The second-order valence-corrected chi connectivity index (χ2v) is 18.0. The summed E-state index contributed by atoms with van der Waals surface area (Å²) in [5, 5.41) is 5.36. The van der Waals surface area contributed by atoms with Gasteiger partial charge in [-0.25, -0.2) is 12.2 Å². The van der Waals surface area contributed by atoms with Crippen LogP contribution in [0, 0.1) is 6.08 Å². The molecule has 0 N–H and O–H groups in total. The number of rotatable bonds is 6. The summed E-state index contributed by atoms with van der Waals surface area (Å²) >= 11 is 1.55. The van der Waals surface area contributed by atoms with Gasteiger partial charge in [0, 0.05) is 0 Å². The second-order valence-electron chi connectivity index (χ2n) is 16.3. The zero-order valence-electron chi connectivity index (χ0n) is 33.5. The average molecular weight is 851 g/mol. The molecule has 0 aliphatic heterocycles. The van der Waals surface area contributed by atoms with Crippen molar-refractivity contribution in [1.29, 1.82) is 0 Å². The van der Waals surface area contributed by atoms with Crippen LogP contribution < -0.4 is 24.8 Å². The van der Waals surface area contributed by atoms with Gasteiger partial charge in [-0.05, 0) is 44.2 Å². The monoisotopic (exact) mass is 848 g/mol. The normalized spacial score (nSPS) is 11.9. The molecule has 56 heavy (non-hydrogen) atoms. The van der Waals surface area contributed by atoms with Crippen LogP contribution in [-0.4, -0.2) is 3.21 Å². The Balaban J connectivity index is 0.000000252. The summed E-state index contributed by atoms with van der Waals surface area (Å²) in [7, 11) is 0. The van der Waals surface area contributed by atoms with Gasteiger partial charge in [0.2, 0.25) is 0 Å². The van der Waals surface area contributed by atoms with Gasteiger partial charge in [-0.15, -0.1) is 46.2 Å². The van der Waals surface area contributed by atoms with Crippen molar-refractivity contribution in [3.8, 4) is 22.3 Å². The standard InChI is InChI=1S/C33H33.C15H14.C5H5.2ClH.Zr/c1-32(2,3)30-20-26-24(18-28(30)22-13-9-7-10-14-22)17-25-19-29(23-15-11-8-12-16-23)31(21-27(25)26)33(4,5)6;1-3-8-14(9-4-1)12-7-13-15-10-5-2-6-11-15;1-2-4-5-3-1;;;/h7-21H,1-6H3;1-6,8-11H,12-13H2;1-3H,4H2;2*1H;/q-1;;-1;;;+2/p-2. The Morgan fingerprint density at radius 3 is 1.23 bits per heavy atom. The fraction of sp³-hybridized carbons (Fsp3) is 0.208. The van der Waals surface area contributed by atoms with Crippen LogP contribution in [-0.2, 0) is 47.9 Å². The molecule has 0 nitrogen and oxygen atoms in total. The minimum absolute atomic E-state index is 0. The molecule has 284 valence electrons. The first-order chi connectivity index (χ1) is 26.0. The van der Waals surface area contributed by atoms with E-state index in [2.05, 4.69) is 205 Å². The van der Waals surface area contributed by atoms with E-state index in [4.69, 9.17) is 0 Å². The molecule has 7 aromatic carbocycles. The van der Waals surface area contributed by atoms with Crippen molar-refractivity contribution in [2.75, 3.05) is 0 Å². The van der Waals surface area contributed by atoms with Gasteiger partial charge in [0.1, 0.15) is 0 Å². The maximum absolute atomic E-state index is 2.99. The first-order valence-electron chi connectivity index (χ1n) is 19.2. The van der Waals surface area contributed by atoms with Gasteiger partial charge in [-0.2, -0.15) is 6.08 Å². The first kappa shape index (κ1) is 44.7. The quantitative estimate of drug-likeness (QED) is 0.148. The summed E-state index contributed by atoms with van der Waals surface area (Å²) in [5.74, 6) is 0. The second kappa shape index (κ2) is 20.4. The summed E-state index contributed by atoms with van der Waals surface area (Å²) in [5.41, 5.74) is 11.0. The van der Waals surface area contributed by atoms with Crippen LogP contribution in [0.3, 0.4) is 0 Å². The van der Waals surface area contributed by atoms with Crippen LogP contribution in [0.5, 0.6) is 0 Å². The van der Waals surface area contributed by atoms with Gasteiger partial charge in [0.25, 0.3) is 0 Å². The van der Waals surface area contributed by atoms with E-state index in [1.807, 2.05) is 12.2 Å². The summed E-state index contributed by atoms with van der Waals surface area (Å²) < 4.78 is 1.60. The van der Waals surface area contributed by atoms with E-state index in [9.17, 15) is 0 Å². The van der Waals surface area contributed by atoms with Crippen molar-refractivity contribution in [2.24, 2.45) is 0 Å². The van der Waals surface area contributed by atoms with Crippen LogP contribution in [0.4, 0.5) is 0 Å². The van der Waals surface area contributed by atoms with E-state index in [1.165, 1.54) is 66.1 Å². The van der Waals surface area contributed by atoms with Crippen molar-refractivity contribution in [3.05, 3.63) is 198 Å². The van der Waals surface area contributed by atoms with Gasteiger partial charge in [0.15, 0.2) is 0 Å². The molecule has 3 heteroatoms. The number of halogens is 2. The number of hydrogen-bond acceptors (Lipinski definition) is 0. The number of fused-ring (bicyclic) bond motifs is 3. The van der Waals surface area contributed by atoms with Crippen LogP contribution in [0.15, 0.2) is 170 Å². The van der Waals surface area contributed by atoms with Gasteiger partial charge in [-0.1, -0.05) is 114 Å². The molecule has 1 aliphatic rings. The van der Waals surface area contributed by atoms with E-state index in [0.717, 1.165) is 19.3 Å². The van der Waals surface area contributed by atoms with Crippen molar-refractivity contribution in [1.82, 2.24) is 0 Å². The van der Waals surface area contributed by atoms with Crippen LogP contribution >= 0.6 is 0 Å². The van der Waals surface area contributed by atoms with E-state index >= 15 is 0 Å². The first-order valence-corrected chi connectivity index (χ1v) is 20.4. The van der Waals surface area contributed by atoms with Crippen molar-refractivity contribution in [3.63, 3.8) is 0 Å². The zero-order chi connectivity index (χ0) is 38.1. The molecule has 0 amide bonds. The molecule has 0 spiro atoms.